The molecule has 3 N–H and O–H groups in total. The van der Waals surface area contributed by atoms with Crippen LogP contribution in [0.5, 0.6) is 0 Å². The third-order valence-corrected chi connectivity index (χ3v) is 3.40. The van der Waals surface area contributed by atoms with E-state index in [2.05, 4.69) is 5.32 Å². The highest BCUT2D eigenvalue weighted by molar-refractivity contribution is 5.86. The minimum absolute atomic E-state index is 0.115. The summed E-state index contributed by atoms with van der Waals surface area (Å²) in [6.07, 6.45) is -1.12. The van der Waals surface area contributed by atoms with Crippen LogP contribution < -0.4 is 16.0 Å². The first kappa shape index (κ1) is 13.6. The Morgan fingerprint density at radius 3 is 2.89 bits per heavy atom. The fourth-order valence-corrected chi connectivity index (χ4v) is 2.50. The molecule has 1 saturated heterocycles. The highest BCUT2D eigenvalue weighted by Gasteiger charge is 2.32. The normalized spacial score (nSPS) is 18.9. The number of halogens is 2. The van der Waals surface area contributed by atoms with E-state index in [4.69, 9.17) is 5.73 Å². The predicted octanol–water partition coefficient (Wildman–Crippen LogP) is 1.92. The van der Waals surface area contributed by atoms with Gasteiger partial charge in [0.15, 0.2) is 0 Å². The second-order valence-corrected chi connectivity index (χ2v) is 4.58. The number of anilines is 2. The molecule has 0 aromatic heterocycles. The lowest BCUT2D eigenvalue weighted by atomic mass is 10.1. The van der Waals surface area contributed by atoms with Crippen molar-refractivity contribution in [3.8, 4) is 0 Å². The highest BCUT2D eigenvalue weighted by atomic mass is 19.3. The Morgan fingerprint density at radius 2 is 2.26 bits per heavy atom. The second-order valence-electron chi connectivity index (χ2n) is 4.58. The van der Waals surface area contributed by atoms with Crippen LogP contribution in [0.1, 0.15) is 24.8 Å². The Bertz CT molecular complexity index is 479. The van der Waals surface area contributed by atoms with Crippen LogP contribution in [-0.2, 0) is 4.79 Å². The van der Waals surface area contributed by atoms with Gasteiger partial charge >= 0.3 is 0 Å². The van der Waals surface area contributed by atoms with Crippen LogP contribution in [0.3, 0.4) is 0 Å². The Morgan fingerprint density at radius 1 is 1.53 bits per heavy atom. The van der Waals surface area contributed by atoms with E-state index in [0.29, 0.717) is 24.3 Å². The molecule has 0 radical (unpaired) electrons. The van der Waals surface area contributed by atoms with E-state index in [0.717, 1.165) is 6.42 Å². The number of nitrogens with one attached hydrogen (secondary N) is 1. The average molecular weight is 269 g/mol. The molecule has 1 unspecified atom stereocenters. The van der Waals surface area contributed by atoms with E-state index >= 15 is 0 Å². The molecule has 0 spiro atoms. The van der Waals surface area contributed by atoms with Crippen LogP contribution >= 0.6 is 0 Å². The molecular formula is C13H17F2N3O. The molecular weight excluding hydrogens is 252 g/mol. The van der Waals surface area contributed by atoms with E-state index in [-0.39, 0.29) is 17.5 Å². The molecule has 1 aromatic rings. The molecule has 1 fully saturated rings. The molecule has 1 aliphatic rings. The van der Waals surface area contributed by atoms with Gasteiger partial charge in [-0.1, -0.05) is 0 Å². The lowest BCUT2D eigenvalue weighted by Gasteiger charge is -2.27. The number of carbonyl (C=O) groups is 1. The van der Waals surface area contributed by atoms with Crippen LogP contribution in [0.2, 0.25) is 0 Å². The van der Waals surface area contributed by atoms with Crippen LogP contribution in [-0.4, -0.2) is 25.5 Å². The summed E-state index contributed by atoms with van der Waals surface area (Å²) in [5, 5.41) is 2.57. The van der Waals surface area contributed by atoms with Gasteiger partial charge < -0.3 is 16.0 Å². The van der Waals surface area contributed by atoms with E-state index in [9.17, 15) is 13.6 Å². The minimum Gasteiger partial charge on any atom is -0.399 e. The number of nitrogens with zero attached hydrogens (tertiary/aromatic N) is 1. The number of alkyl halides is 2. The Labute approximate surface area is 110 Å². The maximum atomic E-state index is 13.1. The lowest BCUT2D eigenvalue weighted by Crippen LogP contribution is -2.42. The average Bonchev–Trinajstić information content (AvgIpc) is 2.86. The van der Waals surface area contributed by atoms with Crippen LogP contribution in [0.25, 0.3) is 0 Å². The molecule has 1 aromatic carbocycles. The van der Waals surface area contributed by atoms with Crippen molar-refractivity contribution in [2.75, 3.05) is 24.2 Å². The molecule has 0 aliphatic carbocycles. The summed E-state index contributed by atoms with van der Waals surface area (Å²) in [5.41, 5.74) is 6.14. The molecule has 1 atom stereocenters. The summed E-state index contributed by atoms with van der Waals surface area (Å²) in [5.74, 6) is -0.144. The summed E-state index contributed by atoms with van der Waals surface area (Å²) in [7, 11) is 1.55. The first-order valence-corrected chi connectivity index (χ1v) is 6.20. The van der Waals surface area contributed by atoms with Crippen LogP contribution in [0.15, 0.2) is 18.2 Å². The molecule has 19 heavy (non-hydrogen) atoms. The predicted molar refractivity (Wildman–Crippen MR) is 70.2 cm³/mol. The summed E-state index contributed by atoms with van der Waals surface area (Å²) in [4.78, 5) is 13.5. The zero-order valence-corrected chi connectivity index (χ0v) is 10.7. The van der Waals surface area contributed by atoms with Gasteiger partial charge in [0.2, 0.25) is 5.91 Å². The maximum Gasteiger partial charge on any atom is 0.265 e. The molecule has 1 amide bonds. The fraction of sp³-hybridized carbons (Fsp3) is 0.462. The summed E-state index contributed by atoms with van der Waals surface area (Å²) in [6, 6.07) is 4.05. The third-order valence-electron chi connectivity index (χ3n) is 3.40. The number of amides is 1. The van der Waals surface area contributed by atoms with Crippen LogP contribution in [0, 0.1) is 0 Å². The number of carbonyl (C=O) groups excluding carboxylic acids is 1. The van der Waals surface area contributed by atoms with Crippen molar-refractivity contribution in [1.82, 2.24) is 5.32 Å². The lowest BCUT2D eigenvalue weighted by molar-refractivity contribution is -0.121. The van der Waals surface area contributed by atoms with E-state index in [1.165, 1.54) is 6.07 Å². The van der Waals surface area contributed by atoms with Crippen molar-refractivity contribution in [1.29, 1.82) is 0 Å². The van der Waals surface area contributed by atoms with E-state index < -0.39 is 6.43 Å². The quantitative estimate of drug-likeness (QED) is 0.824. The summed E-state index contributed by atoms with van der Waals surface area (Å²) < 4.78 is 26.2. The fourth-order valence-electron chi connectivity index (χ4n) is 2.50. The molecule has 2 rings (SSSR count). The molecule has 6 heteroatoms. The van der Waals surface area contributed by atoms with E-state index in [1.807, 2.05) is 0 Å². The zero-order valence-electron chi connectivity index (χ0n) is 10.7. The van der Waals surface area contributed by atoms with Gasteiger partial charge in [-0.05, 0) is 31.0 Å². The Kier molecular flexibility index (Phi) is 3.87. The van der Waals surface area contributed by atoms with Crippen molar-refractivity contribution in [2.24, 2.45) is 0 Å². The standard InChI is InChI=1S/C13H17F2N3O/c1-17-13(19)11-3-2-6-18(11)10-5-4-8(16)7-9(10)12(14)15/h4-5,7,11-12H,2-3,6,16H2,1H3,(H,17,19). The topological polar surface area (TPSA) is 58.4 Å². The van der Waals surface area contributed by atoms with Gasteiger partial charge in [-0.25, -0.2) is 8.78 Å². The Balaban J connectivity index is 2.38. The van der Waals surface area contributed by atoms with Crippen molar-refractivity contribution in [2.45, 2.75) is 25.3 Å². The smallest absolute Gasteiger partial charge is 0.265 e. The van der Waals surface area contributed by atoms with Crippen molar-refractivity contribution < 1.29 is 13.6 Å². The number of hydrogen-bond donors (Lipinski definition) is 2. The number of nitrogens with two attached hydrogens (primary N) is 1. The van der Waals surface area contributed by atoms with Crippen molar-refractivity contribution in [3.05, 3.63) is 23.8 Å². The molecule has 1 aliphatic heterocycles. The Hall–Kier alpha value is -1.85. The SMILES string of the molecule is CNC(=O)C1CCCN1c1ccc(N)cc1C(F)F. The number of rotatable bonds is 3. The monoisotopic (exact) mass is 269 g/mol. The van der Waals surface area contributed by atoms with Crippen LogP contribution in [0.4, 0.5) is 20.2 Å². The first-order chi connectivity index (χ1) is 9.04. The number of benzene rings is 1. The van der Waals surface area contributed by atoms with Gasteiger partial charge in [0.1, 0.15) is 6.04 Å². The maximum absolute atomic E-state index is 13.1. The molecule has 0 saturated carbocycles. The van der Waals surface area contributed by atoms with E-state index in [1.54, 1.807) is 24.1 Å². The zero-order chi connectivity index (χ0) is 14.0. The molecule has 4 nitrogen and oxygen atoms in total. The number of hydrogen-bond acceptors (Lipinski definition) is 3. The number of nitrogen functional groups attached to an aromatic ring is 1. The molecule has 104 valence electrons. The van der Waals surface area contributed by atoms with Gasteiger partial charge in [-0.2, -0.15) is 0 Å². The van der Waals surface area contributed by atoms with Crippen molar-refractivity contribution in [3.63, 3.8) is 0 Å². The van der Waals surface area contributed by atoms with Gasteiger partial charge in [-0.3, -0.25) is 4.79 Å². The largest absolute Gasteiger partial charge is 0.399 e. The molecule has 1 heterocycles. The number of likely N-dealkylation sites (N-methyl/N-ethyl adjacent to an activating group) is 1. The van der Waals surface area contributed by atoms with Gasteiger partial charge in [-0.15, -0.1) is 0 Å². The van der Waals surface area contributed by atoms with Gasteiger partial charge in [0.25, 0.3) is 6.43 Å². The van der Waals surface area contributed by atoms with Gasteiger partial charge in [0, 0.05) is 30.5 Å². The van der Waals surface area contributed by atoms with Gasteiger partial charge in [0.05, 0.1) is 0 Å². The van der Waals surface area contributed by atoms with Crippen molar-refractivity contribution >= 4 is 17.3 Å². The molecule has 0 bridgehead atoms. The highest BCUT2D eigenvalue weighted by Crippen LogP contribution is 2.35. The minimum atomic E-state index is -2.61. The first-order valence-electron chi connectivity index (χ1n) is 6.20. The second kappa shape index (κ2) is 5.42. The third kappa shape index (κ3) is 2.62. The summed E-state index contributed by atoms with van der Waals surface area (Å²) >= 11 is 0. The summed E-state index contributed by atoms with van der Waals surface area (Å²) in [6.45, 7) is 0.599.